The van der Waals surface area contributed by atoms with Crippen molar-refractivity contribution in [3.05, 3.63) is 71.7 Å². The number of aryl methyl sites for hydroxylation is 1. The highest BCUT2D eigenvalue weighted by Crippen LogP contribution is 2.35. The summed E-state index contributed by atoms with van der Waals surface area (Å²) in [6, 6.07) is 13.5. The van der Waals surface area contributed by atoms with Crippen molar-refractivity contribution in [2.45, 2.75) is 65.5 Å². The standard InChI is InChI=1S/C30H35N5O3.H2/c1-19-14-21(15-28(36)34-22(17-31)18-33-30(3,4)5)7-10-26(19)38-27-12-13-32-25-9-8-23(16-24(25)27)35-20(2)6-11-29(35)37;/h7-10,12-14,16-18,20H,6,11,15,31H2,1-5H3,(H,34,36);1H/b22-17+,33-18?;. The summed E-state index contributed by atoms with van der Waals surface area (Å²) in [7, 11) is 0. The van der Waals surface area contributed by atoms with Gasteiger partial charge in [-0.25, -0.2) is 0 Å². The Hall–Kier alpha value is -4.20. The number of ether oxygens (including phenoxy) is 1. The maximum atomic E-state index is 12.6. The van der Waals surface area contributed by atoms with Gasteiger partial charge in [-0.1, -0.05) is 12.1 Å². The Labute approximate surface area is 225 Å². The zero-order valence-corrected chi connectivity index (χ0v) is 22.6. The van der Waals surface area contributed by atoms with Gasteiger partial charge in [0, 0.05) is 43.6 Å². The molecule has 0 bridgehead atoms. The number of carbonyl (C=O) groups excluding carboxylic acids is 2. The predicted octanol–water partition coefficient (Wildman–Crippen LogP) is 5.42. The molecule has 1 atom stereocenters. The number of pyridine rings is 1. The number of carbonyl (C=O) groups is 2. The monoisotopic (exact) mass is 515 g/mol. The fourth-order valence-electron chi connectivity index (χ4n) is 4.40. The summed E-state index contributed by atoms with van der Waals surface area (Å²) in [5, 5.41) is 3.63. The van der Waals surface area contributed by atoms with Crippen LogP contribution in [0.5, 0.6) is 11.5 Å². The predicted molar refractivity (Wildman–Crippen MR) is 154 cm³/mol. The molecule has 1 aliphatic heterocycles. The van der Waals surface area contributed by atoms with Crippen LogP contribution in [0.3, 0.4) is 0 Å². The molecule has 0 spiro atoms. The number of hydrogen-bond donors (Lipinski definition) is 2. The van der Waals surface area contributed by atoms with Crippen molar-refractivity contribution in [3.63, 3.8) is 0 Å². The SMILES string of the molecule is Cc1cc(CC(=O)N/C(C=NC(C)(C)C)=C/N)ccc1Oc1ccnc2ccc(N3C(=O)CCC3C)cc12.[HH]. The minimum atomic E-state index is -0.266. The number of nitrogens with zero attached hydrogens (tertiary/aromatic N) is 3. The lowest BCUT2D eigenvalue weighted by Gasteiger charge is -2.22. The first-order valence-electron chi connectivity index (χ1n) is 12.8. The fourth-order valence-corrected chi connectivity index (χ4v) is 4.40. The Morgan fingerprint density at radius 3 is 2.68 bits per heavy atom. The van der Waals surface area contributed by atoms with E-state index in [-0.39, 0.29) is 31.2 Å². The third kappa shape index (κ3) is 6.37. The average Bonchev–Trinajstić information content (AvgIpc) is 3.20. The third-order valence-corrected chi connectivity index (χ3v) is 6.33. The molecule has 2 heterocycles. The van der Waals surface area contributed by atoms with E-state index in [9.17, 15) is 9.59 Å². The lowest BCUT2D eigenvalue weighted by atomic mass is 10.1. The minimum absolute atomic E-state index is 0. The van der Waals surface area contributed by atoms with Crippen molar-refractivity contribution in [2.24, 2.45) is 10.7 Å². The Balaban J connectivity index is 0.00000420. The molecule has 0 aliphatic carbocycles. The van der Waals surface area contributed by atoms with Gasteiger partial charge in [0.25, 0.3) is 0 Å². The van der Waals surface area contributed by atoms with Gasteiger partial charge in [-0.3, -0.25) is 19.6 Å². The van der Waals surface area contributed by atoms with E-state index in [1.807, 2.05) is 75.1 Å². The summed E-state index contributed by atoms with van der Waals surface area (Å²) in [6.45, 7) is 9.91. The van der Waals surface area contributed by atoms with Gasteiger partial charge in [-0.2, -0.15) is 0 Å². The molecule has 8 nitrogen and oxygen atoms in total. The van der Waals surface area contributed by atoms with Crippen LogP contribution in [0, 0.1) is 6.92 Å². The van der Waals surface area contributed by atoms with E-state index in [0.29, 0.717) is 23.6 Å². The van der Waals surface area contributed by atoms with Gasteiger partial charge in [0.2, 0.25) is 11.8 Å². The second-order valence-electron chi connectivity index (χ2n) is 10.6. The average molecular weight is 516 g/mol. The maximum absolute atomic E-state index is 12.6. The van der Waals surface area contributed by atoms with Gasteiger partial charge in [0.05, 0.1) is 23.2 Å². The van der Waals surface area contributed by atoms with Gasteiger partial charge in [0.1, 0.15) is 11.5 Å². The number of nitrogens with two attached hydrogens (primary N) is 1. The molecule has 2 amide bonds. The lowest BCUT2D eigenvalue weighted by Crippen LogP contribution is -2.30. The topological polar surface area (TPSA) is 110 Å². The van der Waals surface area contributed by atoms with E-state index >= 15 is 0 Å². The van der Waals surface area contributed by atoms with Crippen LogP contribution >= 0.6 is 0 Å². The van der Waals surface area contributed by atoms with E-state index in [2.05, 4.69) is 22.2 Å². The van der Waals surface area contributed by atoms with Crippen LogP contribution in [0.4, 0.5) is 5.69 Å². The zero-order chi connectivity index (χ0) is 27.4. The molecule has 1 fully saturated rings. The summed E-state index contributed by atoms with van der Waals surface area (Å²) >= 11 is 0. The van der Waals surface area contributed by atoms with E-state index in [1.54, 1.807) is 12.4 Å². The first-order valence-corrected chi connectivity index (χ1v) is 12.8. The third-order valence-electron chi connectivity index (χ3n) is 6.33. The Kier molecular flexibility index (Phi) is 7.80. The van der Waals surface area contributed by atoms with Crippen LogP contribution in [0.25, 0.3) is 10.9 Å². The molecule has 38 heavy (non-hydrogen) atoms. The Morgan fingerprint density at radius 2 is 2.03 bits per heavy atom. The van der Waals surface area contributed by atoms with Crippen molar-refractivity contribution < 1.29 is 15.8 Å². The van der Waals surface area contributed by atoms with E-state index in [0.717, 1.165) is 34.1 Å². The fraction of sp³-hybridized carbons (Fsp3) is 0.333. The van der Waals surface area contributed by atoms with Gasteiger partial charge >= 0.3 is 0 Å². The van der Waals surface area contributed by atoms with Crippen molar-refractivity contribution in [2.75, 3.05) is 4.90 Å². The van der Waals surface area contributed by atoms with Crippen LogP contribution < -0.4 is 20.7 Å². The van der Waals surface area contributed by atoms with E-state index in [4.69, 9.17) is 10.5 Å². The summed E-state index contributed by atoms with van der Waals surface area (Å²) in [6.07, 6.45) is 6.22. The molecular weight excluding hydrogens is 478 g/mol. The number of aromatic nitrogens is 1. The molecule has 0 saturated carbocycles. The Bertz CT molecular complexity index is 1430. The molecule has 3 aromatic rings. The molecule has 1 aromatic heterocycles. The number of aliphatic imine (C=N–C) groups is 1. The van der Waals surface area contributed by atoms with Crippen LogP contribution in [-0.2, 0) is 16.0 Å². The number of nitrogens with one attached hydrogen (secondary N) is 1. The molecule has 2 aromatic carbocycles. The number of anilines is 1. The van der Waals surface area contributed by atoms with Crippen LogP contribution in [0.15, 0.2) is 65.6 Å². The van der Waals surface area contributed by atoms with Gasteiger partial charge in [0.15, 0.2) is 0 Å². The number of allylic oxidation sites excluding steroid dienone is 1. The summed E-state index contributed by atoms with van der Waals surface area (Å²) < 4.78 is 6.31. The van der Waals surface area contributed by atoms with E-state index < -0.39 is 0 Å². The van der Waals surface area contributed by atoms with Crippen LogP contribution in [-0.4, -0.2) is 34.6 Å². The second-order valence-corrected chi connectivity index (χ2v) is 10.6. The normalized spacial score (nSPS) is 16.4. The van der Waals surface area contributed by atoms with Gasteiger partial charge < -0.3 is 20.7 Å². The van der Waals surface area contributed by atoms with Crippen molar-refractivity contribution in [1.29, 1.82) is 0 Å². The Morgan fingerprint density at radius 1 is 1.24 bits per heavy atom. The summed E-state index contributed by atoms with van der Waals surface area (Å²) in [5.41, 5.74) is 9.21. The molecule has 8 heteroatoms. The molecule has 1 unspecified atom stereocenters. The lowest BCUT2D eigenvalue weighted by molar-refractivity contribution is -0.119. The first-order chi connectivity index (χ1) is 18.0. The second kappa shape index (κ2) is 11.0. The van der Waals surface area contributed by atoms with Crippen molar-refractivity contribution in [3.8, 4) is 11.5 Å². The molecule has 4 rings (SSSR count). The van der Waals surface area contributed by atoms with Gasteiger partial charge in [-0.15, -0.1) is 0 Å². The quantitative estimate of drug-likeness (QED) is 0.408. The van der Waals surface area contributed by atoms with Crippen molar-refractivity contribution in [1.82, 2.24) is 10.3 Å². The first kappa shape index (κ1) is 26.9. The molecule has 1 aliphatic rings. The highest BCUT2D eigenvalue weighted by atomic mass is 16.5. The number of amides is 2. The number of fused-ring (bicyclic) bond motifs is 1. The highest BCUT2D eigenvalue weighted by Gasteiger charge is 2.29. The molecule has 0 radical (unpaired) electrons. The van der Waals surface area contributed by atoms with Crippen molar-refractivity contribution >= 4 is 34.6 Å². The van der Waals surface area contributed by atoms with Crippen LogP contribution in [0.2, 0.25) is 0 Å². The number of hydrogen-bond acceptors (Lipinski definition) is 6. The molecule has 3 N–H and O–H groups in total. The smallest absolute Gasteiger partial charge is 0.228 e. The van der Waals surface area contributed by atoms with Crippen LogP contribution in [0.1, 0.15) is 53.1 Å². The largest absolute Gasteiger partial charge is 0.456 e. The maximum Gasteiger partial charge on any atom is 0.228 e. The molecular formula is C30H37N5O3. The van der Waals surface area contributed by atoms with E-state index in [1.165, 1.54) is 6.20 Å². The highest BCUT2D eigenvalue weighted by molar-refractivity contribution is 5.99. The zero-order valence-electron chi connectivity index (χ0n) is 22.6. The molecule has 1 saturated heterocycles. The summed E-state index contributed by atoms with van der Waals surface area (Å²) in [5.74, 6) is 1.28. The number of rotatable bonds is 7. The minimum Gasteiger partial charge on any atom is -0.456 e. The number of benzene rings is 2. The molecule has 200 valence electrons. The van der Waals surface area contributed by atoms with Gasteiger partial charge in [-0.05, 0) is 82.5 Å². The summed E-state index contributed by atoms with van der Waals surface area (Å²) in [4.78, 5) is 35.7.